The lowest BCUT2D eigenvalue weighted by Crippen LogP contribution is -1.89. The van der Waals surface area contributed by atoms with E-state index in [4.69, 9.17) is 0 Å². The first kappa shape index (κ1) is 8.26. The largest absolute Gasteiger partial charge is 0.388 e. The highest BCUT2D eigenvalue weighted by Gasteiger charge is 1.99. The molecule has 66 valence electrons. The van der Waals surface area contributed by atoms with Crippen LogP contribution in [0.4, 0.5) is 5.69 Å². The highest BCUT2D eigenvalue weighted by Crippen LogP contribution is 2.21. The van der Waals surface area contributed by atoms with Gasteiger partial charge in [0.15, 0.2) is 0 Å². The average Bonchev–Trinajstić information content (AvgIpc) is 2.71. The molecule has 0 atom stereocenters. The van der Waals surface area contributed by atoms with E-state index >= 15 is 0 Å². The van der Waals surface area contributed by atoms with Gasteiger partial charge in [-0.1, -0.05) is 0 Å². The highest BCUT2D eigenvalue weighted by molar-refractivity contribution is 7.08. The normalized spacial score (nSPS) is 9.92. The summed E-state index contributed by atoms with van der Waals surface area (Å²) in [5.41, 5.74) is 3.30. The van der Waals surface area contributed by atoms with Gasteiger partial charge >= 0.3 is 0 Å². The minimum atomic E-state index is 1.02. The number of nitrogens with zero attached hydrogens (tertiary/aromatic N) is 1. The number of rotatable bonds is 2. The second-order valence-electron chi connectivity index (χ2n) is 2.69. The van der Waals surface area contributed by atoms with Crippen molar-refractivity contribution in [2.75, 3.05) is 12.4 Å². The van der Waals surface area contributed by atoms with Gasteiger partial charge in [0.2, 0.25) is 0 Å². The van der Waals surface area contributed by atoms with Crippen LogP contribution in [0.3, 0.4) is 0 Å². The number of pyridine rings is 1. The van der Waals surface area contributed by atoms with Crippen LogP contribution in [0.2, 0.25) is 0 Å². The summed E-state index contributed by atoms with van der Waals surface area (Å²) in [6, 6.07) is 6.07. The van der Waals surface area contributed by atoms with E-state index in [0.717, 1.165) is 11.4 Å². The lowest BCUT2D eigenvalue weighted by Gasteiger charge is -2.01. The van der Waals surface area contributed by atoms with Gasteiger partial charge in [-0.25, -0.2) is 0 Å². The highest BCUT2D eigenvalue weighted by atomic mass is 32.1. The van der Waals surface area contributed by atoms with Gasteiger partial charge < -0.3 is 5.32 Å². The predicted octanol–water partition coefficient (Wildman–Crippen LogP) is 2.85. The lowest BCUT2D eigenvalue weighted by atomic mass is 10.2. The standard InChI is InChI=1S/C10H10N2S/c1-11-9-2-4-12-10(6-9)8-3-5-13-7-8/h2-7H,1H3,(H,11,12). The first-order valence-corrected chi connectivity index (χ1v) is 5.01. The smallest absolute Gasteiger partial charge is 0.0730 e. The van der Waals surface area contributed by atoms with Crippen LogP contribution in [-0.2, 0) is 0 Å². The molecule has 2 aromatic heterocycles. The van der Waals surface area contributed by atoms with Gasteiger partial charge in [0.05, 0.1) is 5.69 Å². The molecule has 0 aromatic carbocycles. The molecule has 2 nitrogen and oxygen atoms in total. The molecule has 0 amide bonds. The predicted molar refractivity (Wildman–Crippen MR) is 57.1 cm³/mol. The molecule has 2 rings (SSSR count). The number of hydrogen-bond donors (Lipinski definition) is 1. The van der Waals surface area contributed by atoms with Gasteiger partial charge in [0.1, 0.15) is 0 Å². The Kier molecular flexibility index (Phi) is 2.27. The third-order valence-corrected chi connectivity index (χ3v) is 2.55. The molecule has 3 heteroatoms. The van der Waals surface area contributed by atoms with Crippen LogP contribution < -0.4 is 5.32 Å². The van der Waals surface area contributed by atoms with Crippen LogP contribution >= 0.6 is 11.3 Å². The molecule has 0 saturated carbocycles. The Morgan fingerprint density at radius 3 is 3.00 bits per heavy atom. The topological polar surface area (TPSA) is 24.9 Å². The maximum absolute atomic E-state index is 4.30. The van der Waals surface area contributed by atoms with Crippen molar-refractivity contribution >= 4 is 17.0 Å². The van der Waals surface area contributed by atoms with E-state index in [1.165, 1.54) is 5.56 Å². The molecular weight excluding hydrogens is 180 g/mol. The van der Waals surface area contributed by atoms with E-state index in [-0.39, 0.29) is 0 Å². The van der Waals surface area contributed by atoms with E-state index < -0.39 is 0 Å². The number of hydrogen-bond acceptors (Lipinski definition) is 3. The molecule has 0 saturated heterocycles. The van der Waals surface area contributed by atoms with Crippen molar-refractivity contribution in [2.45, 2.75) is 0 Å². The fourth-order valence-electron chi connectivity index (χ4n) is 1.15. The van der Waals surface area contributed by atoms with Crippen molar-refractivity contribution in [1.29, 1.82) is 0 Å². The minimum Gasteiger partial charge on any atom is -0.388 e. The molecule has 0 unspecified atom stereocenters. The summed E-state index contributed by atoms with van der Waals surface area (Å²) in [5.74, 6) is 0. The Hall–Kier alpha value is -1.35. The summed E-state index contributed by atoms with van der Waals surface area (Å²) < 4.78 is 0. The van der Waals surface area contributed by atoms with Crippen LogP contribution in [0.15, 0.2) is 35.2 Å². The fraction of sp³-hybridized carbons (Fsp3) is 0.100. The van der Waals surface area contributed by atoms with E-state index in [1.807, 2.05) is 25.4 Å². The maximum Gasteiger partial charge on any atom is 0.0730 e. The molecule has 2 aromatic rings. The van der Waals surface area contributed by atoms with Gasteiger partial charge in [-0.05, 0) is 23.6 Å². The Morgan fingerprint density at radius 2 is 2.31 bits per heavy atom. The molecule has 0 aliphatic carbocycles. The number of nitrogens with one attached hydrogen (secondary N) is 1. The third kappa shape index (κ3) is 1.70. The summed E-state index contributed by atoms with van der Waals surface area (Å²) in [6.45, 7) is 0. The van der Waals surface area contributed by atoms with Crippen molar-refractivity contribution in [3.63, 3.8) is 0 Å². The van der Waals surface area contributed by atoms with E-state index in [9.17, 15) is 0 Å². The van der Waals surface area contributed by atoms with Gasteiger partial charge in [-0.15, -0.1) is 0 Å². The van der Waals surface area contributed by atoms with Crippen LogP contribution in [0.5, 0.6) is 0 Å². The van der Waals surface area contributed by atoms with Gasteiger partial charge in [0.25, 0.3) is 0 Å². The SMILES string of the molecule is CNc1ccnc(-c2ccsc2)c1. The molecule has 0 bridgehead atoms. The van der Waals surface area contributed by atoms with Crippen molar-refractivity contribution in [1.82, 2.24) is 4.98 Å². The minimum absolute atomic E-state index is 1.02. The summed E-state index contributed by atoms with van der Waals surface area (Å²) in [7, 11) is 1.91. The second kappa shape index (κ2) is 3.58. The average molecular weight is 190 g/mol. The van der Waals surface area contributed by atoms with Crippen LogP contribution in [0.25, 0.3) is 11.3 Å². The number of anilines is 1. The van der Waals surface area contributed by atoms with E-state index in [0.29, 0.717) is 0 Å². The monoisotopic (exact) mass is 190 g/mol. The summed E-state index contributed by atoms with van der Waals surface area (Å²) in [6.07, 6.45) is 1.82. The first-order valence-electron chi connectivity index (χ1n) is 4.06. The zero-order chi connectivity index (χ0) is 9.10. The zero-order valence-corrected chi connectivity index (χ0v) is 8.14. The van der Waals surface area contributed by atoms with Gasteiger partial charge in [-0.3, -0.25) is 4.98 Å². The van der Waals surface area contributed by atoms with Crippen LogP contribution in [0, 0.1) is 0 Å². The summed E-state index contributed by atoms with van der Waals surface area (Å²) >= 11 is 1.69. The Balaban J connectivity index is 2.41. The molecule has 2 heterocycles. The quantitative estimate of drug-likeness (QED) is 0.787. The maximum atomic E-state index is 4.30. The van der Waals surface area contributed by atoms with E-state index in [2.05, 4.69) is 27.1 Å². The summed E-state index contributed by atoms with van der Waals surface area (Å²) in [4.78, 5) is 4.30. The molecule has 0 spiro atoms. The van der Waals surface area contributed by atoms with Gasteiger partial charge in [0, 0.05) is 29.9 Å². The fourth-order valence-corrected chi connectivity index (χ4v) is 1.80. The molecule has 0 fully saturated rings. The molecular formula is C10H10N2S. The lowest BCUT2D eigenvalue weighted by molar-refractivity contribution is 1.32. The molecule has 0 aliphatic rings. The van der Waals surface area contributed by atoms with E-state index in [1.54, 1.807) is 11.3 Å². The van der Waals surface area contributed by atoms with Crippen molar-refractivity contribution in [3.05, 3.63) is 35.2 Å². The van der Waals surface area contributed by atoms with Crippen molar-refractivity contribution in [2.24, 2.45) is 0 Å². The molecule has 0 aliphatic heterocycles. The molecule has 1 N–H and O–H groups in total. The molecule has 0 radical (unpaired) electrons. The van der Waals surface area contributed by atoms with Gasteiger partial charge in [-0.2, -0.15) is 11.3 Å². The van der Waals surface area contributed by atoms with Crippen LogP contribution in [-0.4, -0.2) is 12.0 Å². The zero-order valence-electron chi connectivity index (χ0n) is 7.32. The van der Waals surface area contributed by atoms with Crippen LogP contribution in [0.1, 0.15) is 0 Å². The number of thiophene rings is 1. The second-order valence-corrected chi connectivity index (χ2v) is 3.47. The first-order chi connectivity index (χ1) is 6.40. The van der Waals surface area contributed by atoms with Crippen molar-refractivity contribution < 1.29 is 0 Å². The molecule has 13 heavy (non-hydrogen) atoms. The summed E-state index contributed by atoms with van der Waals surface area (Å²) in [5, 5.41) is 7.25. The Morgan fingerprint density at radius 1 is 1.38 bits per heavy atom. The number of aromatic nitrogens is 1. The third-order valence-electron chi connectivity index (χ3n) is 1.87. The Bertz CT molecular complexity index is 382. The van der Waals surface area contributed by atoms with Crippen molar-refractivity contribution in [3.8, 4) is 11.3 Å². The Labute approximate surface area is 81.3 Å².